The van der Waals surface area contributed by atoms with Crippen molar-refractivity contribution >= 4 is 143 Å². The summed E-state index contributed by atoms with van der Waals surface area (Å²) in [5.41, 5.74) is 17.4. The number of aryl methyl sites for hydroxylation is 1. The van der Waals surface area contributed by atoms with E-state index >= 15 is 13.2 Å². The molecule has 0 amide bonds. The maximum absolute atomic E-state index is 17.9. The van der Waals surface area contributed by atoms with E-state index in [1.165, 1.54) is 11.8 Å². The maximum Gasteiger partial charge on any atom is 0.419 e. The molecule has 404 valence electrons. The van der Waals surface area contributed by atoms with Gasteiger partial charge in [-0.15, -0.1) is 0 Å². The molecule has 0 radical (unpaired) electrons. The van der Waals surface area contributed by atoms with Gasteiger partial charge in [-0.3, -0.25) is 0 Å². The average molecular weight is 1120 g/mol. The van der Waals surface area contributed by atoms with Gasteiger partial charge in [0.2, 0.25) is 6.71 Å². The van der Waals surface area contributed by atoms with Gasteiger partial charge in [-0.25, -0.2) is 0 Å². The maximum atomic E-state index is 17.9. The lowest BCUT2D eigenvalue weighted by molar-refractivity contribution is -0.139. The molecule has 0 spiro atoms. The molecule has 0 atom stereocenters. The fourth-order valence-electron chi connectivity index (χ4n) is 13.7. The molecule has 0 aliphatic carbocycles. The Labute approximate surface area is 497 Å². The standard InChI is InChI=1S/C74H50B2F3N5S/c1-49-26-20-23-41-62(49)84-66-45-56(80(50-27-8-2-9-28-50)51-29-10-3-11-30-51)44-65-70(66)75(58-39-21-24-42-63(58)82(65)54-35-16-6-17-36-54)60-48-61-73(69(72(60)84)74(77,78)79)85-68-47-57(81(52-31-12-4-13-32-52)53-33-14-5-15-34-53)46-67-71(68)76(61)59-40-22-25-43-64(59)83(67)55-37-18-7-19-38-55/h2-48H,1H3. The molecule has 0 N–H and O–H groups in total. The number of halogens is 3. The number of anilines is 15. The molecule has 0 unspecified atom stereocenters. The number of hydrogen-bond donors (Lipinski definition) is 0. The second-order valence-electron chi connectivity index (χ2n) is 21.9. The molecule has 12 aromatic rings. The normalized spacial score (nSPS) is 13.2. The predicted molar refractivity (Wildman–Crippen MR) is 349 cm³/mol. The first-order valence-corrected chi connectivity index (χ1v) is 29.5. The van der Waals surface area contributed by atoms with Crippen LogP contribution < -0.4 is 57.3 Å². The van der Waals surface area contributed by atoms with Gasteiger partial charge in [0, 0.05) is 83.7 Å². The van der Waals surface area contributed by atoms with Gasteiger partial charge in [0.1, 0.15) is 0 Å². The molecule has 12 aromatic carbocycles. The third-order valence-electron chi connectivity index (χ3n) is 17.1. The number of alkyl halides is 3. The van der Waals surface area contributed by atoms with Gasteiger partial charge >= 0.3 is 6.18 Å². The van der Waals surface area contributed by atoms with Crippen LogP contribution in [0.2, 0.25) is 0 Å². The third kappa shape index (κ3) is 8.12. The number of nitrogens with zero attached hydrogens (tertiary/aromatic N) is 5. The summed E-state index contributed by atoms with van der Waals surface area (Å²) in [6, 6.07) is 97.0. The van der Waals surface area contributed by atoms with Crippen LogP contribution in [0, 0.1) is 6.92 Å². The first-order valence-electron chi connectivity index (χ1n) is 28.6. The van der Waals surface area contributed by atoms with Gasteiger partial charge in [-0.2, -0.15) is 13.2 Å². The van der Waals surface area contributed by atoms with Gasteiger partial charge in [-0.05, 0) is 155 Å². The molecule has 11 heteroatoms. The summed E-state index contributed by atoms with van der Waals surface area (Å²) in [7, 11) is 0. The zero-order valence-electron chi connectivity index (χ0n) is 46.1. The van der Waals surface area contributed by atoms with Crippen molar-refractivity contribution in [3.8, 4) is 0 Å². The Kier molecular flexibility index (Phi) is 12.0. The van der Waals surface area contributed by atoms with E-state index in [4.69, 9.17) is 0 Å². The molecular formula is C74H50B2F3N5S. The molecular weight excluding hydrogens is 1070 g/mol. The van der Waals surface area contributed by atoms with Crippen LogP contribution in [0.25, 0.3) is 0 Å². The summed E-state index contributed by atoms with van der Waals surface area (Å²) >= 11 is 1.25. The van der Waals surface area contributed by atoms with Crippen molar-refractivity contribution in [3.63, 3.8) is 0 Å². The van der Waals surface area contributed by atoms with E-state index in [0.717, 1.165) is 101 Å². The molecule has 4 aliphatic heterocycles. The fourth-order valence-corrected chi connectivity index (χ4v) is 15.1. The molecule has 85 heavy (non-hydrogen) atoms. The van der Waals surface area contributed by atoms with E-state index in [2.05, 4.69) is 147 Å². The Morgan fingerprint density at radius 2 is 0.718 bits per heavy atom. The smallest absolute Gasteiger partial charge is 0.311 e. The largest absolute Gasteiger partial charge is 0.419 e. The average Bonchev–Trinajstić information content (AvgIpc) is 0.807. The van der Waals surface area contributed by atoms with Gasteiger partial charge < -0.3 is 24.5 Å². The van der Waals surface area contributed by atoms with E-state index in [1.54, 1.807) is 0 Å². The Balaban J connectivity index is 1.03. The van der Waals surface area contributed by atoms with E-state index < -0.39 is 25.2 Å². The molecule has 16 rings (SSSR count). The van der Waals surface area contributed by atoms with E-state index in [1.807, 2.05) is 170 Å². The molecule has 0 bridgehead atoms. The molecule has 0 aromatic heterocycles. The van der Waals surface area contributed by atoms with Gasteiger partial charge in [0.25, 0.3) is 6.71 Å². The second-order valence-corrected chi connectivity index (χ2v) is 23.0. The third-order valence-corrected chi connectivity index (χ3v) is 18.3. The van der Waals surface area contributed by atoms with Crippen molar-refractivity contribution in [2.75, 3.05) is 24.5 Å². The monoisotopic (exact) mass is 1120 g/mol. The second kappa shape index (κ2) is 20.1. The first kappa shape index (κ1) is 50.6. The molecule has 0 saturated heterocycles. The van der Waals surface area contributed by atoms with E-state index in [-0.39, 0.29) is 10.6 Å². The van der Waals surface area contributed by atoms with Crippen LogP contribution >= 0.6 is 11.8 Å². The van der Waals surface area contributed by atoms with Crippen molar-refractivity contribution in [2.45, 2.75) is 22.9 Å². The molecule has 4 aliphatic rings. The summed E-state index contributed by atoms with van der Waals surface area (Å²) in [6.07, 6.45) is -4.85. The summed E-state index contributed by atoms with van der Waals surface area (Å²) < 4.78 is 53.8. The van der Waals surface area contributed by atoms with Crippen molar-refractivity contribution in [1.29, 1.82) is 0 Å². The zero-order valence-corrected chi connectivity index (χ0v) is 46.9. The van der Waals surface area contributed by atoms with Crippen molar-refractivity contribution < 1.29 is 13.2 Å². The SMILES string of the molecule is Cc1ccccc1N1c2cc(N(c3ccccc3)c3ccccc3)cc3c2B(c2ccccc2N3c2ccccc2)c2cc3c(c(C(F)(F)F)c21)Sc1cc(N(c2ccccc2)c2ccccc2)cc2c1B3c1ccccc1N2c1ccccc1. The predicted octanol–water partition coefficient (Wildman–Crippen LogP) is 16.8. The van der Waals surface area contributed by atoms with Crippen LogP contribution in [0.4, 0.5) is 98.5 Å². The van der Waals surface area contributed by atoms with Gasteiger partial charge in [-0.1, -0.05) is 187 Å². The lowest BCUT2D eigenvalue weighted by atomic mass is 9.30. The fraction of sp³-hybridized carbons (Fsp3) is 0.0270. The quantitative estimate of drug-likeness (QED) is 0.133. The first-order chi connectivity index (χ1) is 41.8. The topological polar surface area (TPSA) is 16.2 Å². The van der Waals surface area contributed by atoms with Crippen LogP contribution in [0.1, 0.15) is 11.1 Å². The van der Waals surface area contributed by atoms with E-state index in [0.29, 0.717) is 22.3 Å². The molecule has 5 nitrogen and oxygen atoms in total. The number of para-hydroxylation sites is 9. The summed E-state index contributed by atoms with van der Waals surface area (Å²) in [5.74, 6) is 0. The lowest BCUT2D eigenvalue weighted by Crippen LogP contribution is -2.65. The number of rotatable bonds is 9. The number of fused-ring (bicyclic) bond motifs is 8. The summed E-state index contributed by atoms with van der Waals surface area (Å²) in [4.78, 5) is 12.0. The number of hydrogen-bond acceptors (Lipinski definition) is 6. The highest BCUT2D eigenvalue weighted by Gasteiger charge is 2.53. The summed E-state index contributed by atoms with van der Waals surface area (Å²) in [6.45, 7) is 0.794. The Morgan fingerprint density at radius 3 is 1.18 bits per heavy atom. The minimum atomic E-state index is -4.85. The Bertz CT molecular complexity index is 4480. The van der Waals surface area contributed by atoms with Crippen LogP contribution in [-0.4, -0.2) is 13.4 Å². The molecule has 4 heterocycles. The van der Waals surface area contributed by atoms with Crippen molar-refractivity contribution in [3.05, 3.63) is 296 Å². The Hall–Kier alpha value is -10.1. The minimum absolute atomic E-state index is 0.132. The van der Waals surface area contributed by atoms with E-state index in [9.17, 15) is 0 Å². The van der Waals surface area contributed by atoms with Crippen LogP contribution in [0.3, 0.4) is 0 Å². The van der Waals surface area contributed by atoms with Crippen LogP contribution in [0.15, 0.2) is 295 Å². The zero-order chi connectivity index (χ0) is 56.9. The van der Waals surface area contributed by atoms with Crippen molar-refractivity contribution in [2.24, 2.45) is 0 Å². The van der Waals surface area contributed by atoms with Crippen LogP contribution in [-0.2, 0) is 6.18 Å². The highest BCUT2D eigenvalue weighted by molar-refractivity contribution is 8.00. The lowest BCUT2D eigenvalue weighted by Gasteiger charge is -2.47. The summed E-state index contributed by atoms with van der Waals surface area (Å²) in [5, 5.41) is 0. The molecule has 0 fully saturated rings. The van der Waals surface area contributed by atoms with Gasteiger partial charge in [0.05, 0.1) is 16.9 Å². The Morgan fingerprint density at radius 1 is 0.341 bits per heavy atom. The highest BCUT2D eigenvalue weighted by Crippen LogP contribution is 2.55. The number of benzene rings is 12. The van der Waals surface area contributed by atoms with Gasteiger partial charge in [0.15, 0.2) is 0 Å². The minimum Gasteiger partial charge on any atom is -0.311 e. The van der Waals surface area contributed by atoms with Crippen molar-refractivity contribution in [1.82, 2.24) is 0 Å². The highest BCUT2D eigenvalue weighted by atomic mass is 32.2. The molecule has 0 saturated carbocycles. The van der Waals surface area contributed by atoms with Crippen LogP contribution in [0.5, 0.6) is 0 Å².